The van der Waals surface area contributed by atoms with E-state index >= 15 is 0 Å². The van der Waals surface area contributed by atoms with Gasteiger partial charge in [-0.2, -0.15) is 12.6 Å². The molecule has 1 aromatic carbocycles. The third kappa shape index (κ3) is 4.28. The second kappa shape index (κ2) is 6.68. The SMILES string of the molecule is CCOC(=O)c1ccccc1[B]OC(C)(C)C(C)(C)S. The molecule has 0 heterocycles. The number of hydrogen-bond acceptors (Lipinski definition) is 4. The van der Waals surface area contributed by atoms with E-state index in [0.29, 0.717) is 17.6 Å². The summed E-state index contributed by atoms with van der Waals surface area (Å²) in [5, 5.41) is 0. The van der Waals surface area contributed by atoms with Crippen molar-refractivity contribution in [3.63, 3.8) is 0 Å². The first-order valence-electron chi connectivity index (χ1n) is 6.68. The van der Waals surface area contributed by atoms with Crippen molar-refractivity contribution in [1.29, 1.82) is 0 Å². The lowest BCUT2D eigenvalue weighted by molar-refractivity contribution is 0.0526. The average Bonchev–Trinajstić information content (AvgIpc) is 2.35. The van der Waals surface area contributed by atoms with Gasteiger partial charge in [0.15, 0.2) is 0 Å². The number of rotatable bonds is 6. The van der Waals surface area contributed by atoms with Gasteiger partial charge in [0.2, 0.25) is 0 Å². The van der Waals surface area contributed by atoms with E-state index in [4.69, 9.17) is 9.39 Å². The third-order valence-electron chi connectivity index (χ3n) is 3.41. The van der Waals surface area contributed by atoms with Crippen molar-refractivity contribution in [2.75, 3.05) is 6.61 Å². The van der Waals surface area contributed by atoms with Gasteiger partial charge in [-0.15, -0.1) is 0 Å². The molecule has 5 heteroatoms. The lowest BCUT2D eigenvalue weighted by Crippen LogP contribution is -2.46. The fourth-order valence-electron chi connectivity index (χ4n) is 1.35. The first-order valence-corrected chi connectivity index (χ1v) is 7.13. The van der Waals surface area contributed by atoms with Crippen molar-refractivity contribution in [3.05, 3.63) is 29.8 Å². The van der Waals surface area contributed by atoms with Crippen LogP contribution in [0.1, 0.15) is 45.0 Å². The number of thiol groups is 1. The van der Waals surface area contributed by atoms with Gasteiger partial charge in [0, 0.05) is 4.75 Å². The highest BCUT2D eigenvalue weighted by molar-refractivity contribution is 7.81. The molecular formula is C15H22BO3S. The van der Waals surface area contributed by atoms with Gasteiger partial charge in [0.05, 0.1) is 17.8 Å². The van der Waals surface area contributed by atoms with Crippen molar-refractivity contribution < 1.29 is 14.2 Å². The molecule has 1 rings (SSSR count). The fourth-order valence-corrected chi connectivity index (χ4v) is 1.40. The number of carbonyl (C=O) groups excluding carboxylic acids is 1. The largest absolute Gasteiger partial charge is 0.462 e. The van der Waals surface area contributed by atoms with Crippen LogP contribution in [0.2, 0.25) is 0 Å². The fraction of sp³-hybridized carbons (Fsp3) is 0.533. The molecule has 0 aliphatic heterocycles. The molecular weight excluding hydrogens is 271 g/mol. The smallest absolute Gasteiger partial charge is 0.337 e. The first kappa shape index (κ1) is 17.1. The number of hydrogen-bond donors (Lipinski definition) is 1. The van der Waals surface area contributed by atoms with Gasteiger partial charge in [0.1, 0.15) is 0 Å². The van der Waals surface area contributed by atoms with Gasteiger partial charge in [-0.25, -0.2) is 4.79 Å². The highest BCUT2D eigenvalue weighted by Gasteiger charge is 2.34. The first-order chi connectivity index (χ1) is 9.19. The number of ether oxygens (including phenoxy) is 1. The van der Waals surface area contributed by atoms with Gasteiger partial charge in [-0.3, -0.25) is 0 Å². The van der Waals surface area contributed by atoms with Gasteiger partial charge >= 0.3 is 13.5 Å². The van der Waals surface area contributed by atoms with Gasteiger partial charge in [0.25, 0.3) is 0 Å². The van der Waals surface area contributed by atoms with Crippen molar-refractivity contribution in [2.45, 2.75) is 45.0 Å². The molecule has 0 atom stereocenters. The van der Waals surface area contributed by atoms with Crippen LogP contribution in [0.3, 0.4) is 0 Å². The van der Waals surface area contributed by atoms with E-state index in [-0.39, 0.29) is 10.7 Å². The molecule has 0 unspecified atom stereocenters. The molecule has 0 aromatic heterocycles. The summed E-state index contributed by atoms with van der Waals surface area (Å²) in [5.74, 6) is -0.342. The van der Waals surface area contributed by atoms with Gasteiger partial charge in [-0.05, 0) is 46.1 Å². The molecule has 0 fully saturated rings. The highest BCUT2D eigenvalue weighted by Crippen LogP contribution is 2.30. The van der Waals surface area contributed by atoms with Gasteiger partial charge < -0.3 is 9.39 Å². The van der Waals surface area contributed by atoms with E-state index in [2.05, 4.69) is 12.6 Å². The van der Waals surface area contributed by atoms with E-state index in [9.17, 15) is 4.79 Å². The van der Waals surface area contributed by atoms with Crippen LogP contribution in [-0.4, -0.2) is 30.4 Å². The summed E-state index contributed by atoms with van der Waals surface area (Å²) in [6.45, 7) is 10.0. The third-order valence-corrected chi connectivity index (χ3v) is 3.95. The Labute approximate surface area is 127 Å². The van der Waals surface area contributed by atoms with Crippen molar-refractivity contribution in [3.8, 4) is 0 Å². The Morgan fingerprint density at radius 2 is 1.85 bits per heavy atom. The molecule has 0 amide bonds. The van der Waals surface area contributed by atoms with Crippen LogP contribution >= 0.6 is 12.6 Å². The normalized spacial score (nSPS) is 12.1. The Kier molecular flexibility index (Phi) is 5.72. The molecule has 1 aromatic rings. The second-order valence-corrected chi connectivity index (χ2v) is 6.73. The summed E-state index contributed by atoms with van der Waals surface area (Å²) in [5.41, 5.74) is 0.733. The Hall–Kier alpha value is -0.935. The molecule has 3 nitrogen and oxygen atoms in total. The molecule has 0 saturated heterocycles. The van der Waals surface area contributed by atoms with Crippen LogP contribution in [0.15, 0.2) is 24.3 Å². The van der Waals surface area contributed by atoms with Crippen LogP contribution in [0, 0.1) is 0 Å². The molecule has 0 bridgehead atoms. The maximum atomic E-state index is 11.9. The standard InChI is InChI=1S/C15H22BO3S/c1-6-18-13(17)11-9-7-8-10-12(11)16-19-14(2,3)15(4,5)20/h7-10,20H,6H2,1-5H3. The zero-order valence-corrected chi connectivity index (χ0v) is 13.7. The van der Waals surface area contributed by atoms with Crippen LogP contribution in [0.4, 0.5) is 0 Å². The van der Waals surface area contributed by atoms with E-state index in [1.165, 1.54) is 0 Å². The van der Waals surface area contributed by atoms with E-state index in [1.807, 2.05) is 39.8 Å². The zero-order valence-electron chi connectivity index (χ0n) is 12.8. The second-order valence-electron chi connectivity index (χ2n) is 5.61. The minimum atomic E-state index is -0.474. The topological polar surface area (TPSA) is 35.5 Å². The lowest BCUT2D eigenvalue weighted by atomic mass is 9.81. The minimum absolute atomic E-state index is 0.317. The number of carbonyl (C=O) groups is 1. The van der Waals surface area contributed by atoms with Crippen LogP contribution < -0.4 is 5.46 Å². The van der Waals surface area contributed by atoms with Crippen LogP contribution in [0.5, 0.6) is 0 Å². The monoisotopic (exact) mass is 293 g/mol. The predicted octanol–water partition coefficient (Wildman–Crippen LogP) is 2.61. The average molecular weight is 293 g/mol. The maximum Gasteiger partial charge on any atom is 0.337 e. The molecule has 0 aliphatic carbocycles. The Morgan fingerprint density at radius 1 is 1.25 bits per heavy atom. The summed E-state index contributed by atoms with van der Waals surface area (Å²) in [7, 11) is 1.60. The van der Waals surface area contributed by atoms with E-state index in [0.717, 1.165) is 0 Å². The van der Waals surface area contributed by atoms with Crippen molar-refractivity contribution in [1.82, 2.24) is 0 Å². The number of benzene rings is 1. The summed E-state index contributed by atoms with van der Waals surface area (Å²) in [6.07, 6.45) is 0. The summed E-state index contributed by atoms with van der Waals surface area (Å²) in [4.78, 5) is 11.9. The zero-order chi connectivity index (χ0) is 15.4. The van der Waals surface area contributed by atoms with E-state index in [1.54, 1.807) is 26.5 Å². The van der Waals surface area contributed by atoms with Crippen molar-refractivity contribution in [2.24, 2.45) is 0 Å². The quantitative estimate of drug-likeness (QED) is 0.497. The molecule has 0 N–H and O–H groups in total. The summed E-state index contributed by atoms with van der Waals surface area (Å²) < 4.78 is 10.6. The molecule has 0 saturated carbocycles. The molecule has 109 valence electrons. The molecule has 1 radical (unpaired) electrons. The Bertz CT molecular complexity index is 466. The van der Waals surface area contributed by atoms with E-state index < -0.39 is 5.60 Å². The predicted molar refractivity (Wildman–Crippen MR) is 86.0 cm³/mol. The molecule has 0 spiro atoms. The molecule has 20 heavy (non-hydrogen) atoms. The summed E-state index contributed by atoms with van der Waals surface area (Å²) in [6, 6.07) is 7.22. The number of esters is 1. The maximum absolute atomic E-state index is 11.9. The highest BCUT2D eigenvalue weighted by atomic mass is 32.1. The van der Waals surface area contributed by atoms with Crippen molar-refractivity contribution >= 4 is 31.5 Å². The Balaban J connectivity index is 2.86. The van der Waals surface area contributed by atoms with Crippen LogP contribution in [0.25, 0.3) is 0 Å². The van der Waals surface area contributed by atoms with Gasteiger partial charge in [-0.1, -0.05) is 18.2 Å². The van der Waals surface area contributed by atoms with Crippen LogP contribution in [-0.2, 0) is 9.39 Å². The summed E-state index contributed by atoms with van der Waals surface area (Å²) >= 11 is 4.55. The lowest BCUT2D eigenvalue weighted by Gasteiger charge is -2.38. The molecule has 0 aliphatic rings. The Morgan fingerprint density at radius 3 is 2.40 bits per heavy atom. The minimum Gasteiger partial charge on any atom is -0.462 e.